The molecule has 2 aromatic carbocycles. The van der Waals surface area contributed by atoms with Crippen molar-refractivity contribution in [1.82, 2.24) is 0 Å². The highest BCUT2D eigenvalue weighted by atomic mass is 35.5. The third kappa shape index (κ3) is 2.95. The Hall–Kier alpha value is -2.40. The van der Waals surface area contributed by atoms with Gasteiger partial charge >= 0.3 is 0 Å². The van der Waals surface area contributed by atoms with Crippen LogP contribution in [0.5, 0.6) is 17.2 Å². The summed E-state index contributed by atoms with van der Waals surface area (Å²) in [6, 6.07) is 9.75. The minimum Gasteiger partial charge on any atom is -0.497 e. The predicted molar refractivity (Wildman–Crippen MR) is 77.5 cm³/mol. The highest BCUT2D eigenvalue weighted by molar-refractivity contribution is 6.33. The molecule has 5 nitrogen and oxygen atoms in total. The first-order valence-electron chi connectivity index (χ1n) is 5.72. The molecular formula is C14H13ClN2O3. The van der Waals surface area contributed by atoms with E-state index in [1.54, 1.807) is 31.4 Å². The van der Waals surface area contributed by atoms with Gasteiger partial charge in [0.25, 0.3) is 5.91 Å². The van der Waals surface area contributed by atoms with E-state index >= 15 is 0 Å². The topological polar surface area (TPSA) is 87.6 Å². The highest BCUT2D eigenvalue weighted by Crippen LogP contribution is 2.35. The number of nitrogen functional groups attached to an aromatic ring is 1. The van der Waals surface area contributed by atoms with Crippen molar-refractivity contribution >= 4 is 23.2 Å². The van der Waals surface area contributed by atoms with Gasteiger partial charge in [-0.2, -0.15) is 0 Å². The molecule has 4 N–H and O–H groups in total. The van der Waals surface area contributed by atoms with Gasteiger partial charge in [0, 0.05) is 5.69 Å². The van der Waals surface area contributed by atoms with Gasteiger partial charge in [-0.15, -0.1) is 0 Å². The number of ether oxygens (including phenoxy) is 2. The fourth-order valence-electron chi connectivity index (χ4n) is 1.66. The van der Waals surface area contributed by atoms with Crippen LogP contribution in [0, 0.1) is 0 Å². The number of carbonyl (C=O) groups is 1. The Morgan fingerprint density at radius 1 is 1.15 bits per heavy atom. The molecule has 2 aromatic rings. The summed E-state index contributed by atoms with van der Waals surface area (Å²) in [6.07, 6.45) is 0. The van der Waals surface area contributed by atoms with E-state index in [0.717, 1.165) is 0 Å². The Bertz CT molecular complexity index is 642. The monoisotopic (exact) mass is 292 g/mol. The zero-order valence-corrected chi connectivity index (χ0v) is 11.5. The molecule has 6 heteroatoms. The first-order chi connectivity index (χ1) is 9.51. The first-order valence-corrected chi connectivity index (χ1v) is 6.10. The van der Waals surface area contributed by atoms with Crippen LogP contribution in [0.15, 0.2) is 36.4 Å². The van der Waals surface area contributed by atoms with Crippen LogP contribution in [-0.2, 0) is 0 Å². The Balaban J connectivity index is 2.39. The molecule has 1 amide bonds. The zero-order chi connectivity index (χ0) is 14.7. The smallest absolute Gasteiger partial charge is 0.252 e. The predicted octanol–water partition coefficient (Wildman–Crippen LogP) is 2.82. The normalized spacial score (nSPS) is 10.1. The molecule has 0 radical (unpaired) electrons. The average Bonchev–Trinajstić information content (AvgIpc) is 2.42. The molecule has 0 spiro atoms. The molecule has 0 aliphatic heterocycles. The zero-order valence-electron chi connectivity index (χ0n) is 10.7. The first kappa shape index (κ1) is 14.0. The molecule has 20 heavy (non-hydrogen) atoms. The minimum atomic E-state index is -0.664. The average molecular weight is 293 g/mol. The minimum absolute atomic E-state index is 0.130. The van der Waals surface area contributed by atoms with E-state index in [2.05, 4.69) is 0 Å². The van der Waals surface area contributed by atoms with Gasteiger partial charge in [0.15, 0.2) is 5.75 Å². The van der Waals surface area contributed by atoms with Crippen LogP contribution >= 0.6 is 11.6 Å². The maximum Gasteiger partial charge on any atom is 0.252 e. The van der Waals surface area contributed by atoms with Crippen molar-refractivity contribution in [3.8, 4) is 17.2 Å². The molecule has 0 saturated heterocycles. The standard InChI is InChI=1S/C14H13ClN2O3/c1-19-9-2-4-10(5-3-9)20-13-11(14(17)18)6-8(16)7-12(13)15/h2-7H,16H2,1H3,(H2,17,18). The van der Waals surface area contributed by atoms with Gasteiger partial charge in [0.1, 0.15) is 11.5 Å². The van der Waals surface area contributed by atoms with Gasteiger partial charge < -0.3 is 20.9 Å². The molecule has 0 unspecified atom stereocenters. The third-order valence-electron chi connectivity index (χ3n) is 2.61. The van der Waals surface area contributed by atoms with Crippen molar-refractivity contribution < 1.29 is 14.3 Å². The van der Waals surface area contributed by atoms with E-state index in [1.807, 2.05) is 0 Å². The van der Waals surface area contributed by atoms with E-state index < -0.39 is 5.91 Å². The second kappa shape index (κ2) is 5.71. The molecule has 104 valence electrons. The van der Waals surface area contributed by atoms with Crippen molar-refractivity contribution in [1.29, 1.82) is 0 Å². The number of rotatable bonds is 4. The summed E-state index contributed by atoms with van der Waals surface area (Å²) in [6.45, 7) is 0. The number of hydrogen-bond donors (Lipinski definition) is 2. The third-order valence-corrected chi connectivity index (χ3v) is 2.89. The maximum atomic E-state index is 11.4. The van der Waals surface area contributed by atoms with E-state index in [-0.39, 0.29) is 16.3 Å². The van der Waals surface area contributed by atoms with Crippen LogP contribution in [0.3, 0.4) is 0 Å². The number of halogens is 1. The van der Waals surface area contributed by atoms with Crippen LogP contribution in [0.2, 0.25) is 5.02 Å². The van der Waals surface area contributed by atoms with E-state index in [0.29, 0.717) is 17.2 Å². The van der Waals surface area contributed by atoms with E-state index in [4.69, 9.17) is 32.5 Å². The number of carbonyl (C=O) groups excluding carboxylic acids is 1. The van der Waals surface area contributed by atoms with Gasteiger partial charge in [-0.3, -0.25) is 4.79 Å². The molecule has 0 aromatic heterocycles. The van der Waals surface area contributed by atoms with Crippen molar-refractivity contribution in [2.75, 3.05) is 12.8 Å². The summed E-state index contributed by atoms with van der Waals surface area (Å²) < 4.78 is 10.7. The fourth-order valence-corrected chi connectivity index (χ4v) is 1.93. The summed E-state index contributed by atoms with van der Waals surface area (Å²) in [7, 11) is 1.57. The summed E-state index contributed by atoms with van der Waals surface area (Å²) in [5.41, 5.74) is 11.4. The number of hydrogen-bond acceptors (Lipinski definition) is 4. The SMILES string of the molecule is COc1ccc(Oc2c(Cl)cc(N)cc2C(N)=O)cc1. The van der Waals surface area contributed by atoms with E-state index in [9.17, 15) is 4.79 Å². The number of anilines is 1. The summed E-state index contributed by atoms with van der Waals surface area (Å²) in [5, 5.41) is 0.217. The van der Waals surface area contributed by atoms with Crippen LogP contribution in [-0.4, -0.2) is 13.0 Å². The molecule has 0 atom stereocenters. The molecular weight excluding hydrogens is 280 g/mol. The molecule has 0 aliphatic rings. The van der Waals surface area contributed by atoms with Crippen LogP contribution in [0.4, 0.5) is 5.69 Å². The summed E-state index contributed by atoms with van der Waals surface area (Å²) >= 11 is 6.05. The van der Waals surface area contributed by atoms with Crippen molar-refractivity contribution in [2.24, 2.45) is 5.73 Å². The van der Waals surface area contributed by atoms with Gasteiger partial charge in [-0.05, 0) is 36.4 Å². The van der Waals surface area contributed by atoms with Crippen molar-refractivity contribution in [3.63, 3.8) is 0 Å². The van der Waals surface area contributed by atoms with Gasteiger partial charge in [-0.25, -0.2) is 0 Å². The number of nitrogens with two attached hydrogens (primary N) is 2. The largest absolute Gasteiger partial charge is 0.497 e. The van der Waals surface area contributed by atoms with E-state index in [1.165, 1.54) is 12.1 Å². The van der Waals surface area contributed by atoms with Crippen LogP contribution in [0.1, 0.15) is 10.4 Å². The van der Waals surface area contributed by atoms with Gasteiger partial charge in [0.2, 0.25) is 0 Å². The molecule has 0 bridgehead atoms. The number of amides is 1. The molecule has 0 saturated carbocycles. The van der Waals surface area contributed by atoms with Crippen LogP contribution < -0.4 is 20.9 Å². The molecule has 0 fully saturated rings. The van der Waals surface area contributed by atoms with Gasteiger partial charge in [-0.1, -0.05) is 11.6 Å². The van der Waals surface area contributed by atoms with Crippen LogP contribution in [0.25, 0.3) is 0 Å². The van der Waals surface area contributed by atoms with Crippen molar-refractivity contribution in [3.05, 3.63) is 47.0 Å². The highest BCUT2D eigenvalue weighted by Gasteiger charge is 2.15. The lowest BCUT2D eigenvalue weighted by atomic mass is 10.1. The lowest BCUT2D eigenvalue weighted by Gasteiger charge is -2.12. The second-order valence-electron chi connectivity index (χ2n) is 4.02. The Kier molecular flexibility index (Phi) is 4.00. The number of benzene rings is 2. The maximum absolute atomic E-state index is 11.4. The summed E-state index contributed by atoms with van der Waals surface area (Å²) in [5.74, 6) is 0.706. The quantitative estimate of drug-likeness (QED) is 0.848. The fraction of sp³-hybridized carbons (Fsp3) is 0.0714. The molecule has 0 heterocycles. The summed E-state index contributed by atoms with van der Waals surface area (Å²) in [4.78, 5) is 11.4. The molecule has 2 rings (SSSR count). The Morgan fingerprint density at radius 3 is 2.30 bits per heavy atom. The lowest BCUT2D eigenvalue weighted by molar-refractivity contribution is 0.0998. The number of primary amides is 1. The number of methoxy groups -OCH3 is 1. The Morgan fingerprint density at radius 2 is 1.75 bits per heavy atom. The molecule has 0 aliphatic carbocycles. The lowest BCUT2D eigenvalue weighted by Crippen LogP contribution is -2.13. The van der Waals surface area contributed by atoms with Gasteiger partial charge in [0.05, 0.1) is 17.7 Å². The van der Waals surface area contributed by atoms with Crippen molar-refractivity contribution in [2.45, 2.75) is 0 Å². The Labute approximate surface area is 121 Å². The second-order valence-corrected chi connectivity index (χ2v) is 4.43.